The van der Waals surface area contributed by atoms with Crippen LogP contribution in [0, 0.1) is 0 Å². The maximum Gasteiger partial charge on any atom is 0.203 e. The van der Waals surface area contributed by atoms with Crippen LogP contribution < -0.4 is 14.2 Å². The number of hydrogen-bond acceptors (Lipinski definition) is 6. The average molecular weight is 406 g/mol. The topological polar surface area (TPSA) is 40.2 Å². The summed E-state index contributed by atoms with van der Waals surface area (Å²) in [7, 11) is 7.08. The molecule has 5 nitrogen and oxygen atoms in total. The maximum atomic E-state index is 6.30. The van der Waals surface area contributed by atoms with Gasteiger partial charge in [-0.05, 0) is 67.6 Å². The Morgan fingerprint density at radius 1 is 1.11 bits per heavy atom. The van der Waals surface area contributed by atoms with E-state index in [4.69, 9.17) is 18.9 Å². The first kappa shape index (κ1) is 21.0. The lowest BCUT2D eigenvalue weighted by Gasteiger charge is -2.44. The van der Waals surface area contributed by atoms with Crippen LogP contribution in [0.25, 0.3) is 0 Å². The number of ether oxygens (including phenoxy) is 4. The highest BCUT2D eigenvalue weighted by Gasteiger charge is 2.40. The van der Waals surface area contributed by atoms with E-state index in [1.165, 1.54) is 23.3 Å². The highest BCUT2D eigenvalue weighted by Crippen LogP contribution is 2.43. The molecule has 0 saturated carbocycles. The van der Waals surface area contributed by atoms with Gasteiger partial charge < -0.3 is 18.9 Å². The molecule has 1 unspecified atom stereocenters. The van der Waals surface area contributed by atoms with Crippen LogP contribution >= 0.6 is 11.3 Å². The number of rotatable bonds is 9. The van der Waals surface area contributed by atoms with Crippen LogP contribution in [-0.4, -0.2) is 46.4 Å². The second-order valence-electron chi connectivity index (χ2n) is 7.18. The number of hydrogen-bond donors (Lipinski definition) is 0. The van der Waals surface area contributed by atoms with Crippen LogP contribution in [-0.2, 0) is 23.3 Å². The Morgan fingerprint density at radius 3 is 2.43 bits per heavy atom. The zero-order valence-electron chi connectivity index (χ0n) is 17.5. The summed E-state index contributed by atoms with van der Waals surface area (Å²) in [6.45, 7) is 4.36. The Balaban J connectivity index is 1.80. The van der Waals surface area contributed by atoms with E-state index in [9.17, 15) is 0 Å². The molecule has 1 aromatic heterocycles. The zero-order chi connectivity index (χ0) is 20.1. The van der Waals surface area contributed by atoms with Gasteiger partial charge >= 0.3 is 0 Å². The molecule has 2 aromatic rings. The quantitative estimate of drug-likeness (QED) is 0.615. The van der Waals surface area contributed by atoms with Crippen molar-refractivity contribution in [1.82, 2.24) is 4.90 Å². The molecule has 0 aliphatic heterocycles. The van der Waals surface area contributed by atoms with E-state index >= 15 is 0 Å². The molecule has 0 radical (unpaired) electrons. The van der Waals surface area contributed by atoms with Gasteiger partial charge in [-0.3, -0.25) is 4.90 Å². The molecule has 6 heteroatoms. The number of methoxy groups -OCH3 is 3. The van der Waals surface area contributed by atoms with E-state index in [2.05, 4.69) is 30.3 Å². The summed E-state index contributed by atoms with van der Waals surface area (Å²) in [5, 5.41) is 2.22. The molecule has 0 fully saturated rings. The molecule has 0 amide bonds. The van der Waals surface area contributed by atoms with Gasteiger partial charge in [-0.2, -0.15) is 0 Å². The Hall–Kier alpha value is -1.76. The number of nitrogens with zero attached hydrogens (tertiary/aromatic N) is 1. The smallest absolute Gasteiger partial charge is 0.203 e. The summed E-state index contributed by atoms with van der Waals surface area (Å²) in [6.07, 6.45) is 3.50. The van der Waals surface area contributed by atoms with Gasteiger partial charge in [-0.25, -0.2) is 0 Å². The van der Waals surface area contributed by atoms with Crippen molar-refractivity contribution in [2.75, 3.05) is 41.5 Å². The van der Waals surface area contributed by atoms with Gasteiger partial charge in [-0.1, -0.05) is 6.92 Å². The summed E-state index contributed by atoms with van der Waals surface area (Å²) < 4.78 is 22.6. The molecule has 1 aromatic carbocycles. The summed E-state index contributed by atoms with van der Waals surface area (Å²) in [5.41, 5.74) is 2.39. The predicted octanol–water partition coefficient (Wildman–Crippen LogP) is 4.47. The Kier molecular flexibility index (Phi) is 6.86. The molecular weight excluding hydrogens is 374 g/mol. The van der Waals surface area contributed by atoms with Crippen LogP contribution in [0.15, 0.2) is 23.6 Å². The van der Waals surface area contributed by atoms with Crippen molar-refractivity contribution in [3.63, 3.8) is 0 Å². The molecular formula is C22H31NO4S. The highest BCUT2D eigenvalue weighted by atomic mass is 32.1. The van der Waals surface area contributed by atoms with Gasteiger partial charge in [0.2, 0.25) is 5.75 Å². The first-order chi connectivity index (χ1) is 13.6. The van der Waals surface area contributed by atoms with E-state index in [0.717, 1.165) is 18.5 Å². The Morgan fingerprint density at radius 2 is 1.82 bits per heavy atom. The van der Waals surface area contributed by atoms with Gasteiger partial charge in [0.1, 0.15) is 0 Å². The van der Waals surface area contributed by atoms with Crippen LogP contribution in [0.3, 0.4) is 0 Å². The lowest BCUT2D eigenvalue weighted by Crippen LogP contribution is -2.49. The minimum Gasteiger partial charge on any atom is -0.493 e. The van der Waals surface area contributed by atoms with E-state index < -0.39 is 0 Å². The van der Waals surface area contributed by atoms with E-state index in [-0.39, 0.29) is 5.54 Å². The first-order valence-electron chi connectivity index (χ1n) is 9.74. The van der Waals surface area contributed by atoms with Crippen LogP contribution in [0.2, 0.25) is 0 Å². The number of fused-ring (bicyclic) bond motifs is 1. The third kappa shape index (κ3) is 3.86. The summed E-state index contributed by atoms with van der Waals surface area (Å²) >= 11 is 1.87. The van der Waals surface area contributed by atoms with Crippen molar-refractivity contribution in [3.05, 3.63) is 39.6 Å². The molecule has 1 atom stereocenters. The maximum absolute atomic E-state index is 6.30. The second-order valence-corrected chi connectivity index (χ2v) is 8.18. The Bertz CT molecular complexity index is 766. The van der Waals surface area contributed by atoms with Gasteiger partial charge in [-0.15, -0.1) is 11.3 Å². The normalized spacial score (nSPS) is 18.8. The minimum atomic E-state index is -0.0526. The number of aryl methyl sites for hydroxylation is 1. The van der Waals surface area contributed by atoms with Crippen molar-refractivity contribution >= 4 is 11.3 Å². The van der Waals surface area contributed by atoms with Crippen molar-refractivity contribution in [2.45, 2.75) is 38.3 Å². The predicted molar refractivity (Wildman–Crippen MR) is 113 cm³/mol. The molecule has 0 bridgehead atoms. The van der Waals surface area contributed by atoms with Gasteiger partial charge in [0.25, 0.3) is 0 Å². The molecule has 28 heavy (non-hydrogen) atoms. The molecule has 1 aliphatic rings. The molecule has 1 aliphatic carbocycles. The summed E-state index contributed by atoms with van der Waals surface area (Å²) in [6, 6.07) is 6.19. The fraction of sp³-hybridized carbons (Fsp3) is 0.545. The molecule has 1 heterocycles. The summed E-state index contributed by atoms with van der Waals surface area (Å²) in [5.74, 6) is 1.91. The molecule has 0 spiro atoms. The highest BCUT2D eigenvalue weighted by molar-refractivity contribution is 7.10. The third-order valence-corrected chi connectivity index (χ3v) is 6.76. The van der Waals surface area contributed by atoms with E-state index in [0.29, 0.717) is 30.5 Å². The number of thiophene rings is 1. The van der Waals surface area contributed by atoms with Crippen molar-refractivity contribution < 1.29 is 18.9 Å². The zero-order valence-corrected chi connectivity index (χ0v) is 18.4. The largest absolute Gasteiger partial charge is 0.493 e. The SMILES string of the molecule is CCN(C)C1(COCc2cc(OC)c(OC)c(OC)c2)CCCc2sccc21. The second kappa shape index (κ2) is 9.16. The van der Waals surface area contributed by atoms with Gasteiger partial charge in [0.15, 0.2) is 11.5 Å². The fourth-order valence-electron chi connectivity index (χ4n) is 4.14. The molecule has 154 valence electrons. The number of likely N-dealkylation sites (N-methyl/N-ethyl adjacent to an activating group) is 1. The van der Waals surface area contributed by atoms with Crippen LogP contribution in [0.5, 0.6) is 17.2 Å². The minimum absolute atomic E-state index is 0.0526. The fourth-order valence-corrected chi connectivity index (χ4v) is 5.16. The van der Waals surface area contributed by atoms with E-state index in [1.807, 2.05) is 23.5 Å². The van der Waals surface area contributed by atoms with Crippen LogP contribution in [0.1, 0.15) is 35.8 Å². The van der Waals surface area contributed by atoms with Gasteiger partial charge in [0, 0.05) is 4.88 Å². The average Bonchev–Trinajstić information content (AvgIpc) is 3.22. The lowest BCUT2D eigenvalue weighted by molar-refractivity contribution is -0.0144. The first-order valence-corrected chi connectivity index (χ1v) is 10.6. The van der Waals surface area contributed by atoms with E-state index in [1.54, 1.807) is 21.3 Å². The standard InChI is InChI=1S/C22H31NO4S/c1-6-23(2)22(10-7-8-20-17(22)9-11-28-20)15-27-14-16-12-18(24-3)21(26-5)19(13-16)25-4/h9,11-13H,6-8,10,14-15H2,1-5H3. The van der Waals surface area contributed by atoms with Crippen molar-refractivity contribution in [1.29, 1.82) is 0 Å². The number of benzene rings is 1. The third-order valence-electron chi connectivity index (χ3n) is 5.78. The molecule has 0 saturated heterocycles. The monoisotopic (exact) mass is 405 g/mol. The van der Waals surface area contributed by atoms with Crippen molar-refractivity contribution in [3.8, 4) is 17.2 Å². The lowest BCUT2D eigenvalue weighted by atomic mass is 9.79. The van der Waals surface area contributed by atoms with Gasteiger partial charge in [0.05, 0.1) is 40.1 Å². The van der Waals surface area contributed by atoms with Crippen LogP contribution in [0.4, 0.5) is 0 Å². The van der Waals surface area contributed by atoms with Crippen molar-refractivity contribution in [2.24, 2.45) is 0 Å². The molecule has 3 rings (SSSR count). The Labute approximate surface area is 172 Å². The summed E-state index contributed by atoms with van der Waals surface area (Å²) in [4.78, 5) is 3.94. The molecule has 0 N–H and O–H groups in total.